The van der Waals surface area contributed by atoms with Crippen molar-refractivity contribution in [3.63, 3.8) is 0 Å². The molecule has 0 fully saturated rings. The first-order valence-electron chi connectivity index (χ1n) is 22.0. The van der Waals surface area contributed by atoms with Gasteiger partial charge in [-0.05, 0) is 25.7 Å². The predicted octanol–water partition coefficient (Wildman–Crippen LogP) is 15.5. The van der Waals surface area contributed by atoms with Gasteiger partial charge in [-0.1, -0.05) is 226 Å². The molecule has 0 aromatic heterocycles. The van der Waals surface area contributed by atoms with E-state index in [1.54, 1.807) is 0 Å². The van der Waals surface area contributed by atoms with Crippen LogP contribution in [-0.2, 0) is 0 Å². The minimum Gasteiger partial charge on any atom is -0.356 e. The number of rotatable bonds is 38. The lowest BCUT2D eigenvalue weighted by Gasteiger charge is -2.33. The highest BCUT2D eigenvalue weighted by atomic mass is 15.4. The van der Waals surface area contributed by atoms with Crippen molar-refractivity contribution < 1.29 is 0 Å². The van der Waals surface area contributed by atoms with E-state index in [9.17, 15) is 0 Å². The fourth-order valence-corrected chi connectivity index (χ4v) is 7.60. The third-order valence-corrected chi connectivity index (χ3v) is 10.8. The molecule has 0 aliphatic carbocycles. The van der Waals surface area contributed by atoms with Crippen LogP contribution < -0.4 is 0 Å². The van der Waals surface area contributed by atoms with Crippen molar-refractivity contribution in [2.45, 2.75) is 258 Å². The molecule has 0 bridgehead atoms. The Kier molecular flexibility index (Phi) is 33.6. The summed E-state index contributed by atoms with van der Waals surface area (Å²) in [4.78, 5) is 5.45. The molecule has 1 rings (SSSR count). The van der Waals surface area contributed by atoms with Gasteiger partial charge >= 0.3 is 0 Å². The van der Waals surface area contributed by atoms with Gasteiger partial charge in [-0.3, -0.25) is 0 Å². The summed E-state index contributed by atoms with van der Waals surface area (Å²) in [6.45, 7) is 9.49. The van der Waals surface area contributed by atoms with Crippen LogP contribution in [-0.4, -0.2) is 29.1 Å². The lowest BCUT2D eigenvalue weighted by atomic mass is 10.0. The molecule has 1 aliphatic rings. The van der Waals surface area contributed by atoms with Crippen LogP contribution in [0.15, 0.2) is 12.4 Å². The van der Waals surface area contributed by atoms with Crippen molar-refractivity contribution in [1.82, 2.24) is 9.80 Å². The van der Waals surface area contributed by atoms with Gasteiger partial charge < -0.3 is 9.80 Å². The second-order valence-corrected chi connectivity index (χ2v) is 15.4. The molecule has 0 aromatic rings. The zero-order valence-electron chi connectivity index (χ0n) is 32.5. The lowest BCUT2D eigenvalue weighted by molar-refractivity contribution is 0.135. The van der Waals surface area contributed by atoms with E-state index in [0.717, 1.165) is 0 Å². The van der Waals surface area contributed by atoms with E-state index in [1.165, 1.54) is 244 Å². The Bertz CT molecular complexity index is 601. The number of unbranched alkanes of at least 4 members (excludes halogenated alkanes) is 32. The molecular formula is C44H88N2. The molecule has 1 atom stereocenters. The first-order chi connectivity index (χ1) is 22.8. The highest BCUT2D eigenvalue weighted by Gasteiger charge is 2.24. The topological polar surface area (TPSA) is 6.48 Å². The second-order valence-electron chi connectivity index (χ2n) is 15.4. The Morgan fingerprint density at radius 1 is 0.283 bits per heavy atom. The van der Waals surface area contributed by atoms with Crippen LogP contribution in [0, 0.1) is 0 Å². The Balaban J connectivity index is 2.14. The van der Waals surface area contributed by atoms with Gasteiger partial charge in [0.05, 0.1) is 0 Å². The van der Waals surface area contributed by atoms with Gasteiger partial charge in [0.1, 0.15) is 6.17 Å². The first-order valence-corrected chi connectivity index (χ1v) is 22.0. The van der Waals surface area contributed by atoms with E-state index in [0.29, 0.717) is 6.17 Å². The van der Waals surface area contributed by atoms with Gasteiger partial charge in [-0.25, -0.2) is 0 Å². The average molecular weight is 645 g/mol. The highest BCUT2D eigenvalue weighted by Crippen LogP contribution is 2.24. The van der Waals surface area contributed by atoms with Crippen LogP contribution >= 0.6 is 0 Å². The van der Waals surface area contributed by atoms with Gasteiger partial charge in [-0.15, -0.1) is 0 Å². The molecule has 0 saturated heterocycles. The number of hydrogen-bond donors (Lipinski definition) is 0. The Morgan fingerprint density at radius 3 is 0.761 bits per heavy atom. The van der Waals surface area contributed by atoms with Crippen LogP contribution in [0.2, 0.25) is 0 Å². The van der Waals surface area contributed by atoms with E-state index >= 15 is 0 Å². The maximum atomic E-state index is 2.72. The van der Waals surface area contributed by atoms with Crippen molar-refractivity contribution >= 4 is 0 Å². The third kappa shape index (κ3) is 27.3. The highest BCUT2D eigenvalue weighted by molar-refractivity contribution is 4.97. The van der Waals surface area contributed by atoms with Crippen LogP contribution in [0.3, 0.4) is 0 Å². The van der Waals surface area contributed by atoms with Crippen LogP contribution in [0.5, 0.6) is 0 Å². The minimum absolute atomic E-state index is 0.639. The van der Waals surface area contributed by atoms with Gasteiger partial charge in [-0.2, -0.15) is 0 Å². The molecule has 0 amide bonds. The van der Waals surface area contributed by atoms with E-state index in [1.807, 2.05) is 0 Å². The molecule has 0 spiro atoms. The molecule has 274 valence electrons. The summed E-state index contributed by atoms with van der Waals surface area (Å²) >= 11 is 0. The molecule has 46 heavy (non-hydrogen) atoms. The zero-order valence-corrected chi connectivity index (χ0v) is 32.5. The SMILES string of the molecule is CCCCCCCCCCCCCCCCCCCN1C=CN(CCCCCCCCCCCC)C1CCCCCCCCCC. The largest absolute Gasteiger partial charge is 0.356 e. The monoisotopic (exact) mass is 645 g/mol. The normalized spacial score (nSPS) is 14.7. The minimum atomic E-state index is 0.639. The third-order valence-electron chi connectivity index (χ3n) is 10.8. The maximum Gasteiger partial charge on any atom is 0.101 e. The summed E-state index contributed by atoms with van der Waals surface area (Å²) in [6, 6.07) is 0. The van der Waals surface area contributed by atoms with Crippen molar-refractivity contribution in [2.75, 3.05) is 13.1 Å². The molecule has 0 radical (unpaired) electrons. The smallest absolute Gasteiger partial charge is 0.101 e. The van der Waals surface area contributed by atoms with Gasteiger partial charge in [0.25, 0.3) is 0 Å². The summed E-state index contributed by atoms with van der Waals surface area (Å²) in [5, 5.41) is 0. The fourth-order valence-electron chi connectivity index (χ4n) is 7.60. The van der Waals surface area contributed by atoms with E-state index in [2.05, 4.69) is 43.0 Å². The van der Waals surface area contributed by atoms with Crippen LogP contribution in [0.4, 0.5) is 0 Å². The average Bonchev–Trinajstić information content (AvgIpc) is 3.45. The van der Waals surface area contributed by atoms with Crippen molar-refractivity contribution in [3.05, 3.63) is 12.4 Å². The van der Waals surface area contributed by atoms with Crippen LogP contribution in [0.25, 0.3) is 0 Å². The van der Waals surface area contributed by atoms with Crippen molar-refractivity contribution in [3.8, 4) is 0 Å². The Labute approximate surface area is 292 Å². The van der Waals surface area contributed by atoms with E-state index in [4.69, 9.17) is 0 Å². The van der Waals surface area contributed by atoms with Crippen molar-refractivity contribution in [2.24, 2.45) is 0 Å². The number of hydrogen-bond acceptors (Lipinski definition) is 2. The van der Waals surface area contributed by atoms with Gasteiger partial charge in [0, 0.05) is 25.5 Å². The summed E-state index contributed by atoms with van der Waals surface area (Å²) in [5.41, 5.74) is 0. The summed E-state index contributed by atoms with van der Waals surface area (Å²) in [5.74, 6) is 0. The van der Waals surface area contributed by atoms with E-state index in [-0.39, 0.29) is 0 Å². The zero-order chi connectivity index (χ0) is 33.0. The van der Waals surface area contributed by atoms with E-state index < -0.39 is 0 Å². The van der Waals surface area contributed by atoms with Gasteiger partial charge in [0.2, 0.25) is 0 Å². The van der Waals surface area contributed by atoms with Gasteiger partial charge in [0.15, 0.2) is 0 Å². The molecule has 0 aromatic carbocycles. The first kappa shape index (κ1) is 43.4. The summed E-state index contributed by atoms with van der Waals surface area (Å²) in [7, 11) is 0. The molecule has 1 unspecified atom stereocenters. The molecular weight excluding hydrogens is 556 g/mol. The Morgan fingerprint density at radius 2 is 0.500 bits per heavy atom. The quantitative estimate of drug-likeness (QED) is 0.0617. The molecule has 0 saturated carbocycles. The molecule has 2 nitrogen and oxygen atoms in total. The fraction of sp³-hybridized carbons (Fsp3) is 0.955. The molecule has 0 N–H and O–H groups in total. The second kappa shape index (κ2) is 35.6. The standard InChI is InChI=1S/C44H88N2/c1-4-7-10-13-16-19-21-22-23-24-25-26-27-29-32-35-38-41-46-43-42-45(40-37-34-31-28-20-17-14-11-8-5-2)44(46)39-36-33-30-18-15-12-9-6-3/h42-44H,4-41H2,1-3H3. The summed E-state index contributed by atoms with van der Waals surface area (Å²) in [6.07, 6.45) is 57.4. The predicted molar refractivity (Wildman–Crippen MR) is 210 cm³/mol. The Hall–Kier alpha value is -0.660. The maximum absolute atomic E-state index is 2.72. The lowest BCUT2D eigenvalue weighted by Crippen LogP contribution is -2.39. The van der Waals surface area contributed by atoms with Crippen LogP contribution in [0.1, 0.15) is 252 Å². The summed E-state index contributed by atoms with van der Waals surface area (Å²) < 4.78 is 0. The molecule has 2 heteroatoms. The number of nitrogens with zero attached hydrogens (tertiary/aromatic N) is 2. The molecule has 1 aliphatic heterocycles. The van der Waals surface area contributed by atoms with Crippen molar-refractivity contribution in [1.29, 1.82) is 0 Å². The molecule has 1 heterocycles.